The van der Waals surface area contributed by atoms with E-state index >= 15 is 0 Å². The Hall–Kier alpha value is -3.86. The molecule has 4 aromatic carbocycles. The van der Waals surface area contributed by atoms with E-state index in [0.717, 1.165) is 24.3 Å². The lowest BCUT2D eigenvalue weighted by Gasteiger charge is -2.20. The quantitative estimate of drug-likeness (QED) is 0.140. The molecule has 0 N–H and O–H groups in total. The molecule has 41 heavy (non-hydrogen) atoms. The molecule has 1 nitrogen and oxygen atoms in total. The van der Waals surface area contributed by atoms with Crippen molar-refractivity contribution in [2.45, 2.75) is 19.5 Å². The zero-order valence-electron chi connectivity index (χ0n) is 21.1. The molecule has 0 heterocycles. The van der Waals surface area contributed by atoms with Crippen molar-refractivity contribution >= 4 is 17.6 Å². The van der Waals surface area contributed by atoms with Crippen molar-refractivity contribution in [3.05, 3.63) is 118 Å². The monoisotopic (exact) mass is 598 g/mol. The zero-order chi connectivity index (χ0) is 29.9. The standard InChI is InChI=1S/C30H19F9OS/c1-2-11-41-29(37)27(35)18-5-3-16(4-6-18)19-12-22(31)26(23(32)13-19)30(38,39)40-21-9-7-17(8-10-21)20-14-24(33)28(36)25(34)15-20/h3-10,12-15H,2,11H2,1H3. The van der Waals surface area contributed by atoms with Crippen molar-refractivity contribution in [1.82, 2.24) is 0 Å². The molecule has 0 amide bonds. The van der Waals surface area contributed by atoms with Gasteiger partial charge in [0.05, 0.1) is 0 Å². The molecule has 4 rings (SSSR count). The van der Waals surface area contributed by atoms with Gasteiger partial charge in [0.2, 0.25) is 0 Å². The molecule has 0 spiro atoms. The first-order valence-corrected chi connectivity index (χ1v) is 13.0. The molecule has 0 unspecified atom stereocenters. The van der Waals surface area contributed by atoms with Crippen LogP contribution in [-0.4, -0.2) is 5.75 Å². The first-order chi connectivity index (χ1) is 19.4. The van der Waals surface area contributed by atoms with E-state index in [1.807, 2.05) is 0 Å². The smallest absolute Gasteiger partial charge is 0.429 e. The van der Waals surface area contributed by atoms with Gasteiger partial charge in [-0.15, -0.1) is 0 Å². The van der Waals surface area contributed by atoms with Crippen LogP contribution in [0.25, 0.3) is 28.1 Å². The highest BCUT2D eigenvalue weighted by molar-refractivity contribution is 8.03. The summed E-state index contributed by atoms with van der Waals surface area (Å²) >= 11 is 0.705. The highest BCUT2D eigenvalue weighted by Crippen LogP contribution is 2.38. The average Bonchev–Trinajstić information content (AvgIpc) is 2.93. The normalized spacial score (nSPS) is 12.3. The van der Waals surface area contributed by atoms with Gasteiger partial charge < -0.3 is 4.74 Å². The Morgan fingerprint density at radius 3 is 1.63 bits per heavy atom. The van der Waals surface area contributed by atoms with E-state index in [1.165, 1.54) is 24.3 Å². The second kappa shape index (κ2) is 12.3. The molecule has 0 aliphatic heterocycles. The fourth-order valence-corrected chi connectivity index (χ4v) is 4.46. The molecule has 0 aromatic heterocycles. The Bertz CT molecular complexity index is 1540. The Labute approximate surface area is 233 Å². The van der Waals surface area contributed by atoms with Gasteiger partial charge in [0.1, 0.15) is 22.9 Å². The molecule has 0 fully saturated rings. The summed E-state index contributed by atoms with van der Waals surface area (Å²) in [7, 11) is 0. The Morgan fingerprint density at radius 2 is 1.15 bits per heavy atom. The molecule has 0 radical (unpaired) electrons. The summed E-state index contributed by atoms with van der Waals surface area (Å²) in [5.41, 5.74) is -1.72. The van der Waals surface area contributed by atoms with Crippen molar-refractivity contribution < 1.29 is 44.3 Å². The van der Waals surface area contributed by atoms with Gasteiger partial charge in [0, 0.05) is 11.3 Å². The maximum atomic E-state index is 14.8. The predicted molar refractivity (Wildman–Crippen MR) is 140 cm³/mol. The molecule has 0 aliphatic rings. The van der Waals surface area contributed by atoms with Crippen molar-refractivity contribution in [1.29, 1.82) is 0 Å². The number of hydrogen-bond donors (Lipinski definition) is 0. The molecular formula is C30H19F9OS. The van der Waals surface area contributed by atoms with Gasteiger partial charge in [-0.05, 0) is 65.1 Å². The first-order valence-electron chi connectivity index (χ1n) is 12.0. The molecule has 11 heteroatoms. The summed E-state index contributed by atoms with van der Waals surface area (Å²) in [4.78, 5) is 0. The van der Waals surface area contributed by atoms with E-state index < -0.39 is 57.5 Å². The summed E-state index contributed by atoms with van der Waals surface area (Å²) in [6.45, 7) is 1.81. The summed E-state index contributed by atoms with van der Waals surface area (Å²) < 4.78 is 132. The van der Waals surface area contributed by atoms with Crippen molar-refractivity contribution in [3.63, 3.8) is 0 Å². The van der Waals surface area contributed by atoms with Crippen molar-refractivity contribution in [2.75, 3.05) is 5.75 Å². The fourth-order valence-electron chi connectivity index (χ4n) is 3.83. The van der Waals surface area contributed by atoms with Crippen LogP contribution in [0.15, 0.2) is 78.0 Å². The number of ether oxygens (including phenoxy) is 1. The summed E-state index contributed by atoms with van der Waals surface area (Å²) in [6, 6.07) is 11.9. The molecule has 0 saturated heterocycles. The zero-order valence-corrected chi connectivity index (χ0v) is 21.9. The second-order valence-electron chi connectivity index (χ2n) is 8.73. The Balaban J connectivity index is 1.55. The highest BCUT2D eigenvalue weighted by atomic mass is 32.2. The van der Waals surface area contributed by atoms with Gasteiger partial charge in [0.15, 0.2) is 28.4 Å². The maximum Gasteiger partial charge on any atom is 0.432 e. The summed E-state index contributed by atoms with van der Waals surface area (Å²) in [6.07, 6.45) is -3.84. The summed E-state index contributed by atoms with van der Waals surface area (Å²) in [5.74, 6) is -9.07. The molecule has 0 atom stereocenters. The maximum absolute atomic E-state index is 14.8. The third-order valence-corrected chi connectivity index (χ3v) is 6.87. The predicted octanol–water partition coefficient (Wildman–Crippen LogP) is 10.6. The van der Waals surface area contributed by atoms with Crippen LogP contribution in [0, 0.1) is 29.1 Å². The van der Waals surface area contributed by atoms with Gasteiger partial charge in [-0.2, -0.15) is 13.2 Å². The number of benzene rings is 4. The van der Waals surface area contributed by atoms with Crippen LogP contribution in [0.3, 0.4) is 0 Å². The number of hydrogen-bond acceptors (Lipinski definition) is 2. The average molecular weight is 599 g/mol. The Kier molecular flexibility index (Phi) is 9.06. The minimum atomic E-state index is -4.48. The van der Waals surface area contributed by atoms with Crippen molar-refractivity contribution in [2.24, 2.45) is 0 Å². The van der Waals surface area contributed by atoms with Crippen LogP contribution in [0.2, 0.25) is 0 Å². The van der Waals surface area contributed by atoms with Crippen LogP contribution in [0.4, 0.5) is 39.5 Å². The Morgan fingerprint density at radius 1 is 0.683 bits per heavy atom. The van der Waals surface area contributed by atoms with E-state index in [4.69, 9.17) is 0 Å². The third-order valence-electron chi connectivity index (χ3n) is 5.83. The lowest BCUT2D eigenvalue weighted by Crippen LogP contribution is -2.25. The van der Waals surface area contributed by atoms with Crippen molar-refractivity contribution in [3.8, 4) is 28.0 Å². The van der Waals surface area contributed by atoms with Crippen LogP contribution in [-0.2, 0) is 6.11 Å². The largest absolute Gasteiger partial charge is 0.432 e. The van der Waals surface area contributed by atoms with Gasteiger partial charge in [-0.3, -0.25) is 0 Å². The minimum absolute atomic E-state index is 0.0836. The van der Waals surface area contributed by atoms with E-state index in [2.05, 4.69) is 4.74 Å². The number of halogens is 9. The van der Waals surface area contributed by atoms with Gasteiger partial charge >= 0.3 is 6.11 Å². The molecule has 0 saturated carbocycles. The molecular weight excluding hydrogens is 579 g/mol. The van der Waals surface area contributed by atoms with Crippen LogP contribution in [0.1, 0.15) is 24.5 Å². The lowest BCUT2D eigenvalue weighted by molar-refractivity contribution is -0.189. The van der Waals surface area contributed by atoms with Crippen LogP contribution >= 0.6 is 11.8 Å². The fraction of sp³-hybridized carbons (Fsp3) is 0.133. The van der Waals surface area contributed by atoms with Crippen LogP contribution < -0.4 is 4.74 Å². The molecule has 4 aromatic rings. The van der Waals surface area contributed by atoms with E-state index in [9.17, 15) is 39.5 Å². The third kappa shape index (κ3) is 6.73. The summed E-state index contributed by atoms with van der Waals surface area (Å²) in [5, 5.41) is -1.00. The molecule has 0 aliphatic carbocycles. The minimum Gasteiger partial charge on any atom is -0.429 e. The van der Waals surface area contributed by atoms with Crippen LogP contribution in [0.5, 0.6) is 5.75 Å². The van der Waals surface area contributed by atoms with Gasteiger partial charge in [0.25, 0.3) is 0 Å². The van der Waals surface area contributed by atoms with E-state index in [1.54, 1.807) is 6.92 Å². The van der Waals surface area contributed by atoms with Gasteiger partial charge in [-0.1, -0.05) is 55.1 Å². The van der Waals surface area contributed by atoms with Gasteiger partial charge in [-0.25, -0.2) is 26.3 Å². The molecule has 0 bridgehead atoms. The van der Waals surface area contributed by atoms with E-state index in [0.29, 0.717) is 48.2 Å². The second-order valence-corrected chi connectivity index (χ2v) is 9.78. The SMILES string of the molecule is CCCSC(F)=C(F)c1ccc(-c2cc(F)c(C(F)(F)Oc3ccc(-c4cc(F)c(F)c(F)c4)cc3)c(F)c2)cc1. The number of alkyl halides is 2. The highest BCUT2D eigenvalue weighted by Gasteiger charge is 2.41. The topological polar surface area (TPSA) is 9.23 Å². The molecule has 214 valence electrons. The first kappa shape index (κ1) is 30.1. The lowest BCUT2D eigenvalue weighted by atomic mass is 10.0. The number of rotatable bonds is 9. The van der Waals surface area contributed by atoms with E-state index in [-0.39, 0.29) is 27.8 Å². The number of thioether (sulfide) groups is 1.